The maximum atomic E-state index is 14.7. The highest BCUT2D eigenvalue weighted by Crippen LogP contribution is 2.37. The van der Waals surface area contributed by atoms with E-state index < -0.39 is 17.8 Å². The quantitative estimate of drug-likeness (QED) is 0.425. The van der Waals surface area contributed by atoms with Crippen LogP contribution in [0.15, 0.2) is 65.3 Å². The molecule has 1 saturated heterocycles. The molecule has 0 unspecified atom stereocenters. The van der Waals surface area contributed by atoms with E-state index in [1.807, 2.05) is 6.07 Å². The van der Waals surface area contributed by atoms with E-state index in [1.54, 1.807) is 36.4 Å². The normalized spacial score (nSPS) is 15.1. The zero-order valence-electron chi connectivity index (χ0n) is 19.5. The Hall–Kier alpha value is -4.34. The molecule has 0 spiro atoms. The third kappa shape index (κ3) is 5.13. The Morgan fingerprint density at radius 3 is 2.43 bits per heavy atom. The Bertz CT molecular complexity index is 1470. The molecule has 190 valence electrons. The van der Waals surface area contributed by atoms with Crippen molar-refractivity contribution in [3.05, 3.63) is 78.1 Å². The summed E-state index contributed by atoms with van der Waals surface area (Å²) in [6.45, 7) is -0.120. The Morgan fingerprint density at radius 2 is 1.76 bits per heavy atom. The van der Waals surface area contributed by atoms with Crippen LogP contribution in [0.2, 0.25) is 0 Å². The summed E-state index contributed by atoms with van der Waals surface area (Å²) in [5.41, 5.74) is 2.89. The molecule has 0 radical (unpaired) electrons. The Balaban J connectivity index is 1.49. The molecule has 2 aromatic carbocycles. The summed E-state index contributed by atoms with van der Waals surface area (Å²) in [6.07, 6.45) is 0.392. The molecule has 0 saturated carbocycles. The molecule has 1 fully saturated rings. The topological polar surface area (TPSA) is 98.5 Å². The van der Waals surface area contributed by atoms with Crippen LogP contribution in [0.4, 0.5) is 18.0 Å². The number of carbonyl (C=O) groups is 2. The van der Waals surface area contributed by atoms with Gasteiger partial charge in [-0.05, 0) is 47.5 Å². The standard InChI is InChI=1S/C27H22F3N3O4/c28-23-15-31-8-5-21(23)22-13-18(11-19-12-20(37-24(19)22)14-32-26(35)36)16-1-3-17(4-2-16)25(34)33-9-6-27(29,30)7-10-33/h1-5,8,11-13,15,32H,6-7,9-10,14H2,(H,35,36)/p-1. The molecule has 4 aromatic rings. The number of rotatable bonds is 5. The molecule has 0 atom stereocenters. The predicted molar refractivity (Wildman–Crippen MR) is 127 cm³/mol. The average Bonchev–Trinajstić information content (AvgIpc) is 3.30. The number of nitrogens with one attached hydrogen (secondary N) is 1. The summed E-state index contributed by atoms with van der Waals surface area (Å²) < 4.78 is 47.4. The molecule has 37 heavy (non-hydrogen) atoms. The van der Waals surface area contributed by atoms with Crippen molar-refractivity contribution in [2.75, 3.05) is 13.1 Å². The Kier molecular flexibility index (Phi) is 6.32. The van der Waals surface area contributed by atoms with Crippen molar-refractivity contribution >= 4 is 23.0 Å². The molecule has 3 heterocycles. The third-order valence-electron chi connectivity index (χ3n) is 6.38. The van der Waals surface area contributed by atoms with Crippen molar-refractivity contribution in [3.63, 3.8) is 0 Å². The monoisotopic (exact) mass is 508 g/mol. The van der Waals surface area contributed by atoms with Crippen LogP contribution in [0.25, 0.3) is 33.2 Å². The molecule has 1 N–H and O–H groups in total. The van der Waals surface area contributed by atoms with Gasteiger partial charge in [0.2, 0.25) is 0 Å². The second kappa shape index (κ2) is 9.61. The Morgan fingerprint density at radius 1 is 1.03 bits per heavy atom. The number of carboxylic acid groups (broad SMARTS) is 1. The van der Waals surface area contributed by atoms with E-state index in [-0.39, 0.29) is 43.9 Å². The van der Waals surface area contributed by atoms with Crippen LogP contribution in [0.1, 0.15) is 29.0 Å². The van der Waals surface area contributed by atoms with Crippen LogP contribution in [-0.2, 0) is 6.54 Å². The number of fused-ring (bicyclic) bond motifs is 1. The maximum Gasteiger partial charge on any atom is 0.253 e. The van der Waals surface area contributed by atoms with E-state index in [0.29, 0.717) is 33.4 Å². The minimum absolute atomic E-state index is 0.000724. The lowest BCUT2D eigenvalue weighted by Gasteiger charge is -2.31. The first-order valence-corrected chi connectivity index (χ1v) is 11.6. The highest BCUT2D eigenvalue weighted by atomic mass is 19.3. The largest absolute Gasteiger partial charge is 0.530 e. The van der Waals surface area contributed by atoms with Gasteiger partial charge in [-0.3, -0.25) is 9.78 Å². The van der Waals surface area contributed by atoms with Crippen LogP contribution < -0.4 is 10.4 Å². The van der Waals surface area contributed by atoms with E-state index in [4.69, 9.17) is 4.42 Å². The van der Waals surface area contributed by atoms with Gasteiger partial charge < -0.3 is 24.5 Å². The van der Waals surface area contributed by atoms with Gasteiger partial charge in [0, 0.05) is 54.2 Å². The molecule has 0 aliphatic carbocycles. The first-order chi connectivity index (χ1) is 17.7. The SMILES string of the molecule is O=C([O-])NCc1cc2cc(-c3ccc(C(=O)N4CCC(F)(F)CC4)cc3)cc(-c3ccncc3F)c2o1. The van der Waals surface area contributed by atoms with Gasteiger partial charge in [0.1, 0.15) is 23.3 Å². The first kappa shape index (κ1) is 24.4. The van der Waals surface area contributed by atoms with E-state index >= 15 is 0 Å². The van der Waals surface area contributed by atoms with Gasteiger partial charge in [-0.1, -0.05) is 12.1 Å². The van der Waals surface area contributed by atoms with E-state index in [1.165, 1.54) is 17.2 Å². The number of hydrogen-bond acceptors (Lipinski definition) is 5. The average molecular weight is 508 g/mol. The summed E-state index contributed by atoms with van der Waals surface area (Å²) in [5.74, 6) is -3.28. The van der Waals surface area contributed by atoms with E-state index in [0.717, 1.165) is 11.8 Å². The number of halogens is 3. The zero-order valence-corrected chi connectivity index (χ0v) is 19.5. The number of carbonyl (C=O) groups excluding carboxylic acids is 2. The minimum atomic E-state index is -2.74. The zero-order chi connectivity index (χ0) is 26.2. The molecule has 10 heteroatoms. The van der Waals surface area contributed by atoms with Crippen LogP contribution >= 0.6 is 0 Å². The molecule has 5 rings (SSSR count). The van der Waals surface area contributed by atoms with Gasteiger partial charge in [0.15, 0.2) is 0 Å². The van der Waals surface area contributed by atoms with Crippen molar-refractivity contribution in [1.82, 2.24) is 15.2 Å². The van der Waals surface area contributed by atoms with E-state index in [2.05, 4.69) is 10.3 Å². The second-order valence-electron chi connectivity index (χ2n) is 8.88. The fourth-order valence-corrected chi connectivity index (χ4v) is 4.44. The van der Waals surface area contributed by atoms with Crippen molar-refractivity contribution in [2.45, 2.75) is 25.3 Å². The molecule has 7 nitrogen and oxygen atoms in total. The summed E-state index contributed by atoms with van der Waals surface area (Å²) in [6, 6.07) is 13.5. The van der Waals surface area contributed by atoms with Gasteiger partial charge in [-0.2, -0.15) is 0 Å². The second-order valence-corrected chi connectivity index (χ2v) is 8.88. The number of alkyl halides is 2. The van der Waals surface area contributed by atoms with E-state index in [9.17, 15) is 27.9 Å². The lowest BCUT2D eigenvalue weighted by atomic mass is 9.96. The maximum absolute atomic E-state index is 14.7. The summed E-state index contributed by atoms with van der Waals surface area (Å²) in [4.78, 5) is 28.8. The van der Waals surface area contributed by atoms with Gasteiger partial charge in [0.25, 0.3) is 11.8 Å². The van der Waals surface area contributed by atoms with Crippen LogP contribution in [0, 0.1) is 5.82 Å². The number of benzene rings is 2. The molecular weight excluding hydrogens is 487 g/mol. The van der Waals surface area contributed by atoms with Crippen molar-refractivity contribution < 1.29 is 32.3 Å². The Labute approximate surface area is 209 Å². The van der Waals surface area contributed by atoms with Gasteiger partial charge in [-0.25, -0.2) is 13.2 Å². The van der Waals surface area contributed by atoms with Gasteiger partial charge in [-0.15, -0.1) is 0 Å². The van der Waals surface area contributed by atoms with Crippen LogP contribution in [-0.4, -0.2) is 40.9 Å². The molecule has 2 amide bonds. The minimum Gasteiger partial charge on any atom is -0.530 e. The fraction of sp³-hybridized carbons (Fsp3) is 0.222. The highest BCUT2D eigenvalue weighted by molar-refractivity contribution is 5.98. The lowest BCUT2D eigenvalue weighted by molar-refractivity contribution is -0.251. The molecule has 1 aliphatic rings. The van der Waals surface area contributed by atoms with Crippen molar-refractivity contribution in [1.29, 1.82) is 0 Å². The number of nitrogens with zero attached hydrogens (tertiary/aromatic N) is 2. The van der Waals surface area contributed by atoms with Crippen LogP contribution in [0.3, 0.4) is 0 Å². The van der Waals surface area contributed by atoms with Crippen LogP contribution in [0.5, 0.6) is 0 Å². The molecule has 0 bridgehead atoms. The summed E-state index contributed by atoms with van der Waals surface area (Å²) in [5, 5.41) is 13.5. The predicted octanol–water partition coefficient (Wildman–Crippen LogP) is 4.61. The highest BCUT2D eigenvalue weighted by Gasteiger charge is 2.35. The number of aromatic nitrogens is 1. The fourth-order valence-electron chi connectivity index (χ4n) is 4.44. The molecule has 2 aromatic heterocycles. The summed E-state index contributed by atoms with van der Waals surface area (Å²) >= 11 is 0. The third-order valence-corrected chi connectivity index (χ3v) is 6.38. The number of hydrogen-bond donors (Lipinski definition) is 1. The van der Waals surface area contributed by atoms with Gasteiger partial charge in [0.05, 0.1) is 12.7 Å². The molecular formula is C27H21F3N3O4-. The number of likely N-dealkylation sites (tertiary alicyclic amines) is 1. The number of piperidine rings is 1. The number of furan rings is 1. The lowest BCUT2D eigenvalue weighted by Crippen LogP contribution is -2.42. The van der Waals surface area contributed by atoms with Crippen molar-refractivity contribution in [3.8, 4) is 22.3 Å². The van der Waals surface area contributed by atoms with Crippen molar-refractivity contribution in [2.24, 2.45) is 0 Å². The summed E-state index contributed by atoms with van der Waals surface area (Å²) in [7, 11) is 0. The smallest absolute Gasteiger partial charge is 0.253 e. The molecule has 1 aliphatic heterocycles. The van der Waals surface area contributed by atoms with Gasteiger partial charge >= 0.3 is 0 Å². The first-order valence-electron chi connectivity index (χ1n) is 11.6. The number of amides is 2. The number of pyridine rings is 1.